The van der Waals surface area contributed by atoms with Crippen LogP contribution in [0.4, 0.5) is 13.2 Å². The van der Waals surface area contributed by atoms with Gasteiger partial charge in [0.05, 0.1) is 0 Å². The van der Waals surface area contributed by atoms with E-state index in [9.17, 15) is 18.0 Å². The van der Waals surface area contributed by atoms with Gasteiger partial charge in [0.2, 0.25) is 0 Å². The fraction of sp³-hybridized carbons (Fsp3) is 0.533. The number of Topliss-reactive ketones (excluding diaryl/α,β-unsaturated/α-hetero) is 1. The fourth-order valence-corrected chi connectivity index (χ4v) is 2.95. The van der Waals surface area contributed by atoms with Crippen LogP contribution in [0.1, 0.15) is 49.4 Å². The molecule has 1 aromatic carbocycles. The summed E-state index contributed by atoms with van der Waals surface area (Å²) in [6, 6.07) is 1.62. The van der Waals surface area contributed by atoms with Crippen molar-refractivity contribution in [2.24, 2.45) is 11.8 Å². The van der Waals surface area contributed by atoms with Crippen molar-refractivity contribution in [2.75, 3.05) is 0 Å². The Morgan fingerprint density at radius 2 is 1.74 bits per heavy atom. The van der Waals surface area contributed by atoms with Crippen molar-refractivity contribution in [2.45, 2.75) is 39.0 Å². The molecule has 0 bridgehead atoms. The highest BCUT2D eigenvalue weighted by molar-refractivity contribution is 5.98. The maximum atomic E-state index is 13.2. The van der Waals surface area contributed by atoms with Crippen LogP contribution in [0.25, 0.3) is 0 Å². The second kappa shape index (κ2) is 5.76. The Balaban J connectivity index is 2.28. The highest BCUT2D eigenvalue weighted by Crippen LogP contribution is 2.34. The van der Waals surface area contributed by atoms with Gasteiger partial charge in [0.1, 0.15) is 0 Å². The van der Waals surface area contributed by atoms with Gasteiger partial charge in [0.15, 0.2) is 23.2 Å². The van der Waals surface area contributed by atoms with Crippen molar-refractivity contribution in [1.82, 2.24) is 0 Å². The first kappa shape index (κ1) is 14.1. The number of carbonyl (C=O) groups is 1. The monoisotopic (exact) mass is 270 g/mol. The quantitative estimate of drug-likeness (QED) is 0.583. The molecule has 4 heteroatoms. The van der Waals surface area contributed by atoms with E-state index in [2.05, 4.69) is 0 Å². The number of hydrogen-bond donors (Lipinski definition) is 0. The van der Waals surface area contributed by atoms with Crippen LogP contribution in [-0.2, 0) is 0 Å². The molecule has 2 unspecified atom stereocenters. The first-order chi connectivity index (χ1) is 9.04. The second-order valence-electron chi connectivity index (χ2n) is 5.18. The molecular weight excluding hydrogens is 253 g/mol. The zero-order valence-corrected chi connectivity index (χ0v) is 10.9. The predicted molar refractivity (Wildman–Crippen MR) is 66.4 cm³/mol. The summed E-state index contributed by atoms with van der Waals surface area (Å²) in [6.45, 7) is 2.02. The van der Waals surface area contributed by atoms with Gasteiger partial charge in [-0.15, -0.1) is 0 Å². The van der Waals surface area contributed by atoms with Crippen molar-refractivity contribution >= 4 is 5.78 Å². The van der Waals surface area contributed by atoms with Crippen LogP contribution in [-0.4, -0.2) is 5.78 Å². The van der Waals surface area contributed by atoms with E-state index in [4.69, 9.17) is 0 Å². The average Bonchev–Trinajstić information content (AvgIpc) is 2.43. The van der Waals surface area contributed by atoms with Crippen LogP contribution < -0.4 is 0 Å². The van der Waals surface area contributed by atoms with E-state index >= 15 is 0 Å². The van der Waals surface area contributed by atoms with Crippen LogP contribution in [0, 0.1) is 29.3 Å². The molecule has 1 aromatic rings. The maximum absolute atomic E-state index is 13.2. The van der Waals surface area contributed by atoms with E-state index in [0.717, 1.165) is 44.2 Å². The van der Waals surface area contributed by atoms with Crippen LogP contribution in [0.2, 0.25) is 0 Å². The molecule has 1 aliphatic rings. The minimum Gasteiger partial charge on any atom is -0.294 e. The van der Waals surface area contributed by atoms with Crippen molar-refractivity contribution in [3.63, 3.8) is 0 Å². The normalized spacial score (nSPS) is 23.4. The predicted octanol–water partition coefficient (Wildman–Crippen LogP) is 4.50. The Morgan fingerprint density at radius 3 is 2.32 bits per heavy atom. The van der Waals surface area contributed by atoms with E-state index in [1.807, 2.05) is 6.92 Å². The van der Waals surface area contributed by atoms with Gasteiger partial charge >= 0.3 is 0 Å². The van der Waals surface area contributed by atoms with Gasteiger partial charge in [-0.05, 0) is 30.9 Å². The van der Waals surface area contributed by atoms with Gasteiger partial charge in [0.25, 0.3) is 0 Å². The van der Waals surface area contributed by atoms with Gasteiger partial charge < -0.3 is 0 Å². The number of ketones is 1. The lowest BCUT2D eigenvalue weighted by atomic mass is 9.74. The average molecular weight is 270 g/mol. The molecule has 1 saturated carbocycles. The summed E-state index contributed by atoms with van der Waals surface area (Å²) >= 11 is 0. The summed E-state index contributed by atoms with van der Waals surface area (Å²) in [6.07, 6.45) is 4.65. The van der Waals surface area contributed by atoms with Crippen LogP contribution in [0.15, 0.2) is 12.1 Å². The number of benzene rings is 1. The van der Waals surface area contributed by atoms with Crippen molar-refractivity contribution in [3.05, 3.63) is 35.1 Å². The molecule has 0 heterocycles. The number of hydrogen-bond acceptors (Lipinski definition) is 1. The Labute approximate surface area is 110 Å². The van der Waals surface area contributed by atoms with Gasteiger partial charge in [0, 0.05) is 11.5 Å². The van der Waals surface area contributed by atoms with Crippen LogP contribution >= 0.6 is 0 Å². The summed E-state index contributed by atoms with van der Waals surface area (Å²) in [4.78, 5) is 12.3. The molecule has 1 aliphatic carbocycles. The number of rotatable bonds is 3. The Bertz CT molecular complexity index is 461. The molecule has 1 fully saturated rings. The Morgan fingerprint density at radius 1 is 1.16 bits per heavy atom. The molecule has 0 N–H and O–H groups in total. The standard InChI is InChI=1S/C15H17F3O/c1-2-9-5-3-4-6-11(9)15(19)10-7-12(16)14(18)13(17)8-10/h7-9,11H,2-6H2,1H3. The molecule has 0 spiro atoms. The summed E-state index contributed by atoms with van der Waals surface area (Å²) in [7, 11) is 0. The zero-order chi connectivity index (χ0) is 14.0. The summed E-state index contributed by atoms with van der Waals surface area (Å²) in [5, 5.41) is 0. The zero-order valence-electron chi connectivity index (χ0n) is 10.9. The maximum Gasteiger partial charge on any atom is 0.194 e. The van der Waals surface area contributed by atoms with E-state index < -0.39 is 17.5 Å². The van der Waals surface area contributed by atoms with E-state index in [-0.39, 0.29) is 23.2 Å². The lowest BCUT2D eigenvalue weighted by Crippen LogP contribution is -2.27. The molecular formula is C15H17F3O. The summed E-state index contributed by atoms with van der Waals surface area (Å²) in [5.41, 5.74) is -0.0539. The SMILES string of the molecule is CCC1CCCCC1C(=O)c1cc(F)c(F)c(F)c1. The smallest absolute Gasteiger partial charge is 0.194 e. The third-order valence-electron chi connectivity index (χ3n) is 4.04. The molecule has 19 heavy (non-hydrogen) atoms. The van der Waals surface area contributed by atoms with E-state index in [0.29, 0.717) is 0 Å². The highest BCUT2D eigenvalue weighted by Gasteiger charge is 2.31. The fourth-order valence-electron chi connectivity index (χ4n) is 2.95. The van der Waals surface area contributed by atoms with Crippen molar-refractivity contribution in [3.8, 4) is 0 Å². The van der Waals surface area contributed by atoms with Gasteiger partial charge in [-0.3, -0.25) is 4.79 Å². The molecule has 0 radical (unpaired) electrons. The molecule has 0 aliphatic heterocycles. The largest absolute Gasteiger partial charge is 0.294 e. The molecule has 2 rings (SSSR count). The molecule has 0 aromatic heterocycles. The lowest BCUT2D eigenvalue weighted by Gasteiger charge is -2.29. The molecule has 1 nitrogen and oxygen atoms in total. The van der Waals surface area contributed by atoms with Gasteiger partial charge in [-0.25, -0.2) is 13.2 Å². The minimum atomic E-state index is -1.52. The van der Waals surface area contributed by atoms with Gasteiger partial charge in [-0.1, -0.05) is 26.2 Å². The van der Waals surface area contributed by atoms with Crippen LogP contribution in [0.5, 0.6) is 0 Å². The third-order valence-corrected chi connectivity index (χ3v) is 4.04. The number of carbonyl (C=O) groups excluding carboxylic acids is 1. The summed E-state index contributed by atoms with van der Waals surface area (Å²) in [5.74, 6) is -4.31. The van der Waals surface area contributed by atoms with E-state index in [1.165, 1.54) is 0 Å². The van der Waals surface area contributed by atoms with Crippen molar-refractivity contribution < 1.29 is 18.0 Å². The Hall–Kier alpha value is -1.32. The second-order valence-corrected chi connectivity index (χ2v) is 5.18. The molecule has 104 valence electrons. The van der Waals surface area contributed by atoms with Gasteiger partial charge in [-0.2, -0.15) is 0 Å². The first-order valence-corrected chi connectivity index (χ1v) is 6.73. The van der Waals surface area contributed by atoms with Crippen LogP contribution in [0.3, 0.4) is 0 Å². The molecule has 2 atom stereocenters. The molecule has 0 amide bonds. The highest BCUT2D eigenvalue weighted by atomic mass is 19.2. The Kier molecular flexibility index (Phi) is 4.27. The molecule has 0 saturated heterocycles. The third kappa shape index (κ3) is 2.82. The lowest BCUT2D eigenvalue weighted by molar-refractivity contribution is 0.0819. The summed E-state index contributed by atoms with van der Waals surface area (Å²) < 4.78 is 39.3. The number of halogens is 3. The first-order valence-electron chi connectivity index (χ1n) is 6.73. The van der Waals surface area contributed by atoms with E-state index in [1.54, 1.807) is 0 Å². The minimum absolute atomic E-state index is 0.0539. The topological polar surface area (TPSA) is 17.1 Å². The van der Waals surface area contributed by atoms with Crippen molar-refractivity contribution in [1.29, 1.82) is 0 Å².